The van der Waals surface area contributed by atoms with Crippen molar-refractivity contribution in [3.63, 3.8) is 0 Å². The number of hydrogen-bond acceptors (Lipinski definition) is 3. The fourth-order valence-corrected chi connectivity index (χ4v) is 3.79. The van der Waals surface area contributed by atoms with Crippen molar-refractivity contribution in [2.45, 2.75) is 38.5 Å². The number of nitrogens with one attached hydrogen (secondary N) is 2. The van der Waals surface area contributed by atoms with E-state index in [2.05, 4.69) is 68.0 Å². The lowest BCUT2D eigenvalue weighted by Gasteiger charge is -2.22. The largest absolute Gasteiger partial charge is 0.362 e. The monoisotopic (exact) mass is 369 g/mol. The highest BCUT2D eigenvalue weighted by atomic mass is 15.0. The molecule has 1 aliphatic carbocycles. The van der Waals surface area contributed by atoms with Crippen molar-refractivity contribution in [2.24, 2.45) is 0 Å². The Kier molecular flexibility index (Phi) is 4.68. The first-order valence-corrected chi connectivity index (χ1v) is 9.90. The molecule has 1 fully saturated rings. The van der Waals surface area contributed by atoms with Crippen LogP contribution in [-0.2, 0) is 11.8 Å². The number of pyridine rings is 1. The molecule has 0 saturated heterocycles. The number of dihydropyridines is 1. The van der Waals surface area contributed by atoms with E-state index in [-0.39, 0.29) is 5.41 Å². The minimum absolute atomic E-state index is 0.0248. The second-order valence-electron chi connectivity index (χ2n) is 7.66. The predicted molar refractivity (Wildman–Crippen MR) is 118 cm³/mol. The molecule has 1 aliphatic heterocycles. The van der Waals surface area contributed by atoms with E-state index in [1.807, 2.05) is 24.4 Å². The Morgan fingerprint density at radius 1 is 1.18 bits per heavy atom. The van der Waals surface area contributed by atoms with Crippen LogP contribution >= 0.6 is 0 Å². The van der Waals surface area contributed by atoms with Gasteiger partial charge in [-0.25, -0.2) is 4.98 Å². The molecule has 4 rings (SSSR count). The lowest BCUT2D eigenvalue weighted by Crippen LogP contribution is -2.17. The molecule has 0 radical (unpaired) electrons. The lowest BCUT2D eigenvalue weighted by atomic mass is 9.91. The van der Waals surface area contributed by atoms with Crippen LogP contribution in [0.3, 0.4) is 0 Å². The highest BCUT2D eigenvalue weighted by Crippen LogP contribution is 2.53. The SMILES string of the molecule is C=C1NC=CC=C1c1nc(NC(=C)C2(c3ccc(CC)cc3)CC2)ccc1C. The van der Waals surface area contributed by atoms with Crippen LogP contribution in [0.25, 0.3) is 5.57 Å². The number of allylic oxidation sites excluding steroid dienone is 4. The van der Waals surface area contributed by atoms with Crippen molar-refractivity contribution >= 4 is 11.4 Å². The van der Waals surface area contributed by atoms with Gasteiger partial charge in [0.2, 0.25) is 0 Å². The molecule has 1 aromatic heterocycles. The number of aryl methyl sites for hydroxylation is 2. The Morgan fingerprint density at radius 2 is 1.93 bits per heavy atom. The topological polar surface area (TPSA) is 37.0 Å². The molecule has 0 unspecified atom stereocenters. The second-order valence-corrected chi connectivity index (χ2v) is 7.66. The minimum Gasteiger partial charge on any atom is -0.362 e. The average Bonchev–Trinajstić information content (AvgIpc) is 3.52. The smallest absolute Gasteiger partial charge is 0.130 e. The summed E-state index contributed by atoms with van der Waals surface area (Å²) in [6, 6.07) is 13.1. The molecular weight excluding hydrogens is 342 g/mol. The summed E-state index contributed by atoms with van der Waals surface area (Å²) in [5, 5.41) is 6.65. The standard InChI is InChI=1S/C25H27N3/c1-5-20-9-11-21(12-10-20)25(14-15-25)19(4)27-23-13-8-17(2)24(28-23)22-7-6-16-26-18(22)3/h6-13,16,26H,3-5,14-15H2,1-2H3,(H,27,28). The minimum atomic E-state index is 0.0248. The van der Waals surface area contributed by atoms with Gasteiger partial charge in [0, 0.05) is 28.6 Å². The summed E-state index contributed by atoms with van der Waals surface area (Å²) in [4.78, 5) is 4.87. The maximum Gasteiger partial charge on any atom is 0.130 e. The predicted octanol–water partition coefficient (Wildman–Crippen LogP) is 5.62. The average molecular weight is 370 g/mol. The van der Waals surface area contributed by atoms with E-state index in [0.29, 0.717) is 0 Å². The fourth-order valence-electron chi connectivity index (χ4n) is 3.79. The zero-order valence-electron chi connectivity index (χ0n) is 16.7. The Hall–Kier alpha value is -3.07. The summed E-state index contributed by atoms with van der Waals surface area (Å²) in [7, 11) is 0. The number of benzene rings is 1. The molecule has 2 N–H and O–H groups in total. The maximum absolute atomic E-state index is 4.87. The number of aromatic nitrogens is 1. The van der Waals surface area contributed by atoms with Gasteiger partial charge in [-0.1, -0.05) is 50.4 Å². The molecular formula is C25H27N3. The Balaban J connectivity index is 1.58. The van der Waals surface area contributed by atoms with Crippen LogP contribution in [0.4, 0.5) is 5.82 Å². The van der Waals surface area contributed by atoms with Crippen LogP contribution in [-0.4, -0.2) is 4.98 Å². The lowest BCUT2D eigenvalue weighted by molar-refractivity contribution is 0.826. The molecule has 1 saturated carbocycles. The second kappa shape index (κ2) is 7.16. The van der Waals surface area contributed by atoms with Gasteiger partial charge in [0.15, 0.2) is 0 Å². The van der Waals surface area contributed by atoms with E-state index in [0.717, 1.165) is 53.3 Å². The third kappa shape index (κ3) is 3.29. The first-order chi connectivity index (χ1) is 13.5. The van der Waals surface area contributed by atoms with Gasteiger partial charge < -0.3 is 10.6 Å². The molecule has 2 heterocycles. The molecule has 1 aromatic carbocycles. The zero-order chi connectivity index (χ0) is 19.7. The van der Waals surface area contributed by atoms with Crippen LogP contribution in [0.2, 0.25) is 0 Å². The summed E-state index contributed by atoms with van der Waals surface area (Å²) in [6.07, 6.45) is 9.21. The van der Waals surface area contributed by atoms with E-state index < -0.39 is 0 Å². The van der Waals surface area contributed by atoms with Gasteiger partial charge in [-0.3, -0.25) is 0 Å². The van der Waals surface area contributed by atoms with Gasteiger partial charge in [0.25, 0.3) is 0 Å². The fraction of sp³-hybridized carbons (Fsp3) is 0.240. The Morgan fingerprint density at radius 3 is 2.57 bits per heavy atom. The van der Waals surface area contributed by atoms with Crippen LogP contribution in [0, 0.1) is 6.92 Å². The third-order valence-electron chi connectivity index (χ3n) is 5.82. The summed E-state index contributed by atoms with van der Waals surface area (Å²) >= 11 is 0. The van der Waals surface area contributed by atoms with Crippen molar-refractivity contribution < 1.29 is 0 Å². The van der Waals surface area contributed by atoms with Crippen LogP contribution in [0.5, 0.6) is 0 Å². The molecule has 0 atom stereocenters. The highest BCUT2D eigenvalue weighted by molar-refractivity contribution is 5.80. The summed E-state index contributed by atoms with van der Waals surface area (Å²) < 4.78 is 0. The normalized spacial score (nSPS) is 16.9. The number of anilines is 1. The van der Waals surface area contributed by atoms with E-state index in [1.165, 1.54) is 11.1 Å². The van der Waals surface area contributed by atoms with E-state index >= 15 is 0 Å². The van der Waals surface area contributed by atoms with E-state index in [4.69, 9.17) is 4.98 Å². The van der Waals surface area contributed by atoms with E-state index in [1.54, 1.807) is 0 Å². The number of rotatable bonds is 6. The molecule has 28 heavy (non-hydrogen) atoms. The highest BCUT2D eigenvalue weighted by Gasteiger charge is 2.47. The Bertz CT molecular complexity index is 989. The Labute approximate surface area is 167 Å². The van der Waals surface area contributed by atoms with Crippen molar-refractivity contribution in [2.75, 3.05) is 5.32 Å². The van der Waals surface area contributed by atoms with Crippen molar-refractivity contribution in [3.05, 3.63) is 102 Å². The first-order valence-electron chi connectivity index (χ1n) is 9.90. The van der Waals surface area contributed by atoms with Crippen molar-refractivity contribution in [3.8, 4) is 0 Å². The van der Waals surface area contributed by atoms with Gasteiger partial charge in [0.05, 0.1) is 5.69 Å². The number of hydrogen-bond donors (Lipinski definition) is 2. The zero-order valence-corrected chi connectivity index (χ0v) is 16.7. The molecule has 0 bridgehead atoms. The maximum atomic E-state index is 4.87. The molecule has 3 nitrogen and oxygen atoms in total. The molecule has 3 heteroatoms. The first kappa shape index (κ1) is 18.3. The third-order valence-corrected chi connectivity index (χ3v) is 5.82. The van der Waals surface area contributed by atoms with Crippen LogP contribution in [0.1, 0.15) is 42.1 Å². The van der Waals surface area contributed by atoms with Crippen LogP contribution in [0.15, 0.2) is 79.3 Å². The van der Waals surface area contributed by atoms with Gasteiger partial charge in [0.1, 0.15) is 5.82 Å². The van der Waals surface area contributed by atoms with Gasteiger partial charge in [-0.15, -0.1) is 0 Å². The van der Waals surface area contributed by atoms with Gasteiger partial charge in [-0.2, -0.15) is 0 Å². The number of nitrogens with zero attached hydrogens (tertiary/aromatic N) is 1. The van der Waals surface area contributed by atoms with Crippen molar-refractivity contribution in [1.82, 2.24) is 10.3 Å². The summed E-state index contributed by atoms with van der Waals surface area (Å²) in [5.41, 5.74) is 7.70. The molecule has 142 valence electrons. The van der Waals surface area contributed by atoms with Gasteiger partial charge in [-0.05, 0) is 61.1 Å². The summed E-state index contributed by atoms with van der Waals surface area (Å²) in [6.45, 7) is 12.7. The quantitative estimate of drug-likeness (QED) is 0.693. The van der Waals surface area contributed by atoms with Crippen LogP contribution < -0.4 is 10.6 Å². The summed E-state index contributed by atoms with van der Waals surface area (Å²) in [5.74, 6) is 0.824. The molecule has 2 aromatic rings. The molecule has 0 spiro atoms. The van der Waals surface area contributed by atoms with Crippen molar-refractivity contribution in [1.29, 1.82) is 0 Å². The molecule has 2 aliphatic rings. The van der Waals surface area contributed by atoms with Gasteiger partial charge >= 0.3 is 0 Å². The van der Waals surface area contributed by atoms with E-state index in [9.17, 15) is 0 Å². The molecule has 0 amide bonds.